The van der Waals surface area contributed by atoms with Crippen LogP contribution in [0.25, 0.3) is 0 Å². The summed E-state index contributed by atoms with van der Waals surface area (Å²) in [4.78, 5) is 37.2. The first kappa shape index (κ1) is 22.2. The quantitative estimate of drug-likeness (QED) is 0.405. The average molecular weight is 422 g/mol. The summed E-state index contributed by atoms with van der Waals surface area (Å²) in [6.45, 7) is 3.32. The third-order valence-corrected chi connectivity index (χ3v) is 5.68. The standard InChI is InChI=1S/C23H26N4O4/c1-3-4-17(21(30)25-18-9-10-19(28)26-22(18)31)14(2)20(29)27-23(11-12-23)16-7-5-15(13-24)6-8-16/h3-8,18,22,31H,9-12H2,1-2H3,(H,25,30)(H,26,28)(H,27,29)/b4-3-,17-14+. The SMILES string of the molecule is C/C=C\C(C(=O)NC1CCC(=O)NC1O)=C(\C)C(=O)NC1(c2ccc(C#N)cc2)CC1. The van der Waals surface area contributed by atoms with E-state index in [1.54, 1.807) is 38.1 Å². The molecule has 8 nitrogen and oxygen atoms in total. The van der Waals surface area contributed by atoms with Crippen LogP contribution in [0.2, 0.25) is 0 Å². The Hall–Kier alpha value is -3.44. The molecule has 1 saturated heterocycles. The Morgan fingerprint density at radius 1 is 1.26 bits per heavy atom. The van der Waals surface area contributed by atoms with Gasteiger partial charge in [0.15, 0.2) is 0 Å². The Balaban J connectivity index is 1.75. The Labute approximate surface area is 181 Å². The summed E-state index contributed by atoms with van der Waals surface area (Å²) in [6, 6.07) is 8.56. The molecule has 1 saturated carbocycles. The number of hydrogen-bond acceptors (Lipinski definition) is 5. The second-order valence-electron chi connectivity index (χ2n) is 7.90. The lowest BCUT2D eigenvalue weighted by Crippen LogP contribution is -2.55. The van der Waals surface area contributed by atoms with Crippen LogP contribution in [-0.4, -0.2) is 35.1 Å². The highest BCUT2D eigenvalue weighted by Crippen LogP contribution is 2.45. The molecule has 4 N–H and O–H groups in total. The lowest BCUT2D eigenvalue weighted by Gasteiger charge is -2.29. The van der Waals surface area contributed by atoms with E-state index in [-0.39, 0.29) is 29.4 Å². The molecule has 1 aliphatic carbocycles. The number of hydrogen-bond donors (Lipinski definition) is 4. The van der Waals surface area contributed by atoms with Crippen LogP contribution in [0.5, 0.6) is 0 Å². The number of nitriles is 1. The van der Waals surface area contributed by atoms with Gasteiger partial charge in [-0.05, 0) is 50.8 Å². The minimum absolute atomic E-state index is 0.194. The van der Waals surface area contributed by atoms with Gasteiger partial charge in [0.2, 0.25) is 11.8 Å². The fourth-order valence-electron chi connectivity index (χ4n) is 3.63. The molecule has 8 heteroatoms. The molecular formula is C23H26N4O4. The van der Waals surface area contributed by atoms with Gasteiger partial charge in [-0.1, -0.05) is 24.3 Å². The van der Waals surface area contributed by atoms with E-state index in [1.807, 2.05) is 12.1 Å². The van der Waals surface area contributed by atoms with E-state index < -0.39 is 23.7 Å². The number of aliphatic hydroxyl groups excluding tert-OH is 1. The largest absolute Gasteiger partial charge is 0.372 e. The molecule has 2 aliphatic rings. The first-order valence-electron chi connectivity index (χ1n) is 10.2. The van der Waals surface area contributed by atoms with E-state index in [0.29, 0.717) is 12.0 Å². The number of piperidine rings is 1. The van der Waals surface area contributed by atoms with Gasteiger partial charge in [-0.15, -0.1) is 0 Å². The zero-order chi connectivity index (χ0) is 22.6. The van der Waals surface area contributed by atoms with Gasteiger partial charge in [0.1, 0.15) is 6.23 Å². The lowest BCUT2D eigenvalue weighted by molar-refractivity contribution is -0.130. The van der Waals surface area contributed by atoms with Crippen LogP contribution in [-0.2, 0) is 19.9 Å². The molecule has 1 aromatic rings. The highest BCUT2D eigenvalue weighted by molar-refractivity contribution is 6.06. The molecule has 162 valence electrons. The first-order chi connectivity index (χ1) is 14.8. The van der Waals surface area contributed by atoms with Crippen LogP contribution >= 0.6 is 0 Å². The predicted octanol–water partition coefficient (Wildman–Crippen LogP) is 1.27. The van der Waals surface area contributed by atoms with E-state index in [1.165, 1.54) is 0 Å². The molecule has 31 heavy (non-hydrogen) atoms. The van der Waals surface area contributed by atoms with E-state index in [0.717, 1.165) is 18.4 Å². The number of benzene rings is 1. The van der Waals surface area contributed by atoms with Crippen molar-refractivity contribution in [3.8, 4) is 6.07 Å². The smallest absolute Gasteiger partial charge is 0.252 e. The third-order valence-electron chi connectivity index (χ3n) is 5.68. The van der Waals surface area contributed by atoms with Gasteiger partial charge in [-0.2, -0.15) is 5.26 Å². The minimum Gasteiger partial charge on any atom is -0.372 e. The monoisotopic (exact) mass is 422 g/mol. The highest BCUT2D eigenvalue weighted by Gasteiger charge is 2.46. The van der Waals surface area contributed by atoms with Crippen molar-refractivity contribution in [3.63, 3.8) is 0 Å². The predicted molar refractivity (Wildman–Crippen MR) is 113 cm³/mol. The van der Waals surface area contributed by atoms with E-state index in [4.69, 9.17) is 5.26 Å². The number of rotatable bonds is 6. The summed E-state index contributed by atoms with van der Waals surface area (Å²) in [5, 5.41) is 27.1. The van der Waals surface area contributed by atoms with Crippen molar-refractivity contribution in [3.05, 3.63) is 58.7 Å². The fraction of sp³-hybridized carbons (Fsp3) is 0.391. The molecule has 2 unspecified atom stereocenters. The van der Waals surface area contributed by atoms with Crippen LogP contribution in [0, 0.1) is 11.3 Å². The molecule has 2 fully saturated rings. The van der Waals surface area contributed by atoms with Gasteiger partial charge in [0, 0.05) is 17.6 Å². The second kappa shape index (κ2) is 9.14. The summed E-state index contributed by atoms with van der Waals surface area (Å²) >= 11 is 0. The zero-order valence-electron chi connectivity index (χ0n) is 17.6. The van der Waals surface area contributed by atoms with Crippen molar-refractivity contribution in [1.82, 2.24) is 16.0 Å². The number of carbonyl (C=O) groups excluding carboxylic acids is 3. The number of carbonyl (C=O) groups is 3. The molecule has 1 aliphatic heterocycles. The molecular weight excluding hydrogens is 396 g/mol. The number of nitrogens with one attached hydrogen (secondary N) is 3. The zero-order valence-corrected chi connectivity index (χ0v) is 17.6. The maximum atomic E-state index is 13.0. The second-order valence-corrected chi connectivity index (χ2v) is 7.90. The molecule has 0 bridgehead atoms. The molecule has 1 aromatic carbocycles. The van der Waals surface area contributed by atoms with Crippen LogP contribution < -0.4 is 16.0 Å². The van der Waals surface area contributed by atoms with E-state index >= 15 is 0 Å². The van der Waals surface area contributed by atoms with Gasteiger partial charge < -0.3 is 21.1 Å². The molecule has 2 atom stereocenters. The fourth-order valence-corrected chi connectivity index (χ4v) is 3.63. The maximum absolute atomic E-state index is 13.0. The lowest BCUT2D eigenvalue weighted by atomic mass is 10.0. The molecule has 0 aromatic heterocycles. The number of amides is 3. The van der Waals surface area contributed by atoms with Crippen LogP contribution in [0.15, 0.2) is 47.6 Å². The van der Waals surface area contributed by atoms with Gasteiger partial charge in [0.25, 0.3) is 5.91 Å². The number of allylic oxidation sites excluding steroid dienone is 1. The summed E-state index contributed by atoms with van der Waals surface area (Å²) < 4.78 is 0. The molecule has 1 heterocycles. The Kier molecular flexibility index (Phi) is 6.56. The van der Waals surface area contributed by atoms with Crippen molar-refractivity contribution in [2.24, 2.45) is 0 Å². The number of nitrogens with zero attached hydrogens (tertiary/aromatic N) is 1. The molecule has 3 rings (SSSR count). The Morgan fingerprint density at radius 3 is 2.48 bits per heavy atom. The van der Waals surface area contributed by atoms with Crippen molar-refractivity contribution >= 4 is 17.7 Å². The van der Waals surface area contributed by atoms with Gasteiger partial charge in [-0.3, -0.25) is 14.4 Å². The van der Waals surface area contributed by atoms with Crippen molar-refractivity contribution in [1.29, 1.82) is 5.26 Å². The molecule has 0 radical (unpaired) electrons. The molecule has 0 spiro atoms. The van der Waals surface area contributed by atoms with Crippen molar-refractivity contribution < 1.29 is 19.5 Å². The van der Waals surface area contributed by atoms with E-state index in [9.17, 15) is 19.5 Å². The summed E-state index contributed by atoms with van der Waals surface area (Å²) in [5.41, 5.74) is 1.43. The van der Waals surface area contributed by atoms with Crippen LogP contribution in [0.4, 0.5) is 0 Å². The summed E-state index contributed by atoms with van der Waals surface area (Å²) in [6.07, 6.45) is 4.12. The molecule has 3 amide bonds. The van der Waals surface area contributed by atoms with Gasteiger partial charge in [-0.25, -0.2) is 0 Å². The topological polar surface area (TPSA) is 131 Å². The van der Waals surface area contributed by atoms with Gasteiger partial charge >= 0.3 is 0 Å². The van der Waals surface area contributed by atoms with Crippen LogP contribution in [0.3, 0.4) is 0 Å². The minimum atomic E-state index is -1.17. The number of aliphatic hydroxyl groups is 1. The first-order valence-corrected chi connectivity index (χ1v) is 10.2. The van der Waals surface area contributed by atoms with Crippen molar-refractivity contribution in [2.45, 2.75) is 57.3 Å². The Morgan fingerprint density at radius 2 is 1.94 bits per heavy atom. The van der Waals surface area contributed by atoms with Gasteiger partial charge in [0.05, 0.1) is 23.2 Å². The summed E-state index contributed by atoms with van der Waals surface area (Å²) in [5.74, 6) is -1.12. The average Bonchev–Trinajstić information content (AvgIpc) is 3.54. The van der Waals surface area contributed by atoms with Crippen LogP contribution in [0.1, 0.15) is 50.7 Å². The third kappa shape index (κ3) is 5.01. The highest BCUT2D eigenvalue weighted by atomic mass is 16.3. The Bertz CT molecular complexity index is 984. The normalized spacial score (nSPS) is 22.7. The van der Waals surface area contributed by atoms with Crippen molar-refractivity contribution in [2.75, 3.05) is 0 Å². The van der Waals surface area contributed by atoms with E-state index in [2.05, 4.69) is 22.0 Å². The maximum Gasteiger partial charge on any atom is 0.252 e. The summed E-state index contributed by atoms with van der Waals surface area (Å²) in [7, 11) is 0.